The summed E-state index contributed by atoms with van der Waals surface area (Å²) in [5.41, 5.74) is 0.354. The number of hydrogen-bond acceptors (Lipinski definition) is 7. The van der Waals surface area contributed by atoms with Gasteiger partial charge in [-0.2, -0.15) is 0 Å². The van der Waals surface area contributed by atoms with E-state index in [0.717, 1.165) is 0 Å². The summed E-state index contributed by atoms with van der Waals surface area (Å²) in [7, 11) is -1.48. The number of esters is 1. The normalized spacial score (nSPS) is 14.2. The summed E-state index contributed by atoms with van der Waals surface area (Å²) in [5.74, 6) is -1.14. The van der Waals surface area contributed by atoms with Gasteiger partial charge in [0.25, 0.3) is 5.91 Å². The van der Waals surface area contributed by atoms with Gasteiger partial charge in [-0.05, 0) is 87.5 Å². The van der Waals surface area contributed by atoms with Gasteiger partial charge in [-0.25, -0.2) is 4.79 Å². The number of carbonyl (C=O) groups excluding carboxylic acids is 2. The highest BCUT2D eigenvalue weighted by molar-refractivity contribution is 9.11. The lowest BCUT2D eigenvalue weighted by Crippen LogP contribution is -2.45. The van der Waals surface area contributed by atoms with Crippen LogP contribution in [0.25, 0.3) is 0 Å². The lowest BCUT2D eigenvalue weighted by atomic mass is 10.0. The number of phenolic OH excluding ortho intramolecular Hbond substituents is 1. The third-order valence-corrected chi connectivity index (χ3v) is 6.71. The van der Waals surface area contributed by atoms with E-state index in [9.17, 15) is 24.4 Å². The van der Waals surface area contributed by atoms with E-state index in [1.807, 2.05) is 0 Å². The predicted molar refractivity (Wildman–Crippen MR) is 133 cm³/mol. The number of aliphatic hydroxyl groups is 1. The topological polar surface area (TPSA) is 122 Å². The average Bonchev–Trinajstić information content (AvgIpc) is 2.75. The number of hydrogen-bond donors (Lipinski definition) is 3. The number of ether oxygens (including phenoxy) is 2. The Morgan fingerprint density at radius 2 is 1.79 bits per heavy atom. The highest BCUT2D eigenvalue weighted by Gasteiger charge is 2.27. The lowest BCUT2D eigenvalue weighted by molar-refractivity contribution is -0.146. The van der Waals surface area contributed by atoms with Gasteiger partial charge < -0.3 is 29.6 Å². The molecule has 2 rings (SSSR count). The van der Waals surface area contributed by atoms with Crippen LogP contribution in [0.5, 0.6) is 17.2 Å². The molecule has 180 valence electrons. The fourth-order valence-electron chi connectivity index (χ4n) is 2.84. The molecule has 0 saturated carbocycles. The molecule has 0 aromatic heterocycles. The maximum atomic E-state index is 12.8. The van der Waals surface area contributed by atoms with Crippen LogP contribution in [-0.4, -0.2) is 34.7 Å². The minimum Gasteiger partial charge on any atom is -0.507 e. The van der Waals surface area contributed by atoms with Crippen LogP contribution in [0.3, 0.4) is 0 Å². The van der Waals surface area contributed by atoms with Crippen LogP contribution in [-0.2, 0) is 19.4 Å². The first-order valence-electron chi connectivity index (χ1n) is 10.1. The van der Waals surface area contributed by atoms with Crippen molar-refractivity contribution in [3.8, 4) is 17.2 Å². The number of aromatic hydroxyl groups is 1. The number of amides is 1. The maximum Gasteiger partial charge on any atom is 0.328 e. The standard InChI is InChI=1S/C22H26Br2NO7P/c1-5-31-21(28)18(11(2)3)25-20(27)14-10-13(6-7-17(14)26)32-19-15(23)8-12(9-16(19)24)22(4,29)33-30/h6-11,18,26,29H,5,33H2,1-4H3,(H,25,27). The van der Waals surface area contributed by atoms with E-state index >= 15 is 0 Å². The van der Waals surface area contributed by atoms with Crippen LogP contribution in [0.1, 0.15) is 43.6 Å². The highest BCUT2D eigenvalue weighted by Crippen LogP contribution is 2.42. The van der Waals surface area contributed by atoms with Gasteiger partial charge in [0.1, 0.15) is 22.9 Å². The van der Waals surface area contributed by atoms with Gasteiger partial charge >= 0.3 is 5.97 Å². The number of benzene rings is 2. The molecule has 0 radical (unpaired) electrons. The van der Waals surface area contributed by atoms with Gasteiger partial charge in [-0.15, -0.1) is 0 Å². The lowest BCUT2D eigenvalue weighted by Gasteiger charge is -2.21. The van der Waals surface area contributed by atoms with Crippen LogP contribution < -0.4 is 10.1 Å². The van der Waals surface area contributed by atoms with Crippen LogP contribution >= 0.6 is 40.3 Å². The van der Waals surface area contributed by atoms with Crippen molar-refractivity contribution in [2.45, 2.75) is 39.1 Å². The largest absolute Gasteiger partial charge is 0.507 e. The third kappa shape index (κ3) is 6.82. The first kappa shape index (κ1) is 27.4. The summed E-state index contributed by atoms with van der Waals surface area (Å²) in [4.78, 5) is 25.0. The van der Waals surface area contributed by atoms with Crippen molar-refractivity contribution in [1.29, 1.82) is 0 Å². The summed E-state index contributed by atoms with van der Waals surface area (Å²) >= 11 is 6.76. The molecule has 0 spiro atoms. The van der Waals surface area contributed by atoms with Gasteiger partial charge in [-0.1, -0.05) is 13.8 Å². The van der Waals surface area contributed by atoms with Gasteiger partial charge in [0.15, 0.2) is 5.75 Å². The van der Waals surface area contributed by atoms with E-state index in [4.69, 9.17) is 9.47 Å². The molecular formula is C22H26Br2NO7P. The minimum absolute atomic E-state index is 0.0794. The van der Waals surface area contributed by atoms with Crippen LogP contribution in [0.4, 0.5) is 0 Å². The Kier molecular flexibility index (Phi) is 9.55. The zero-order valence-corrected chi connectivity index (χ0v) is 22.8. The van der Waals surface area contributed by atoms with Crippen LogP contribution in [0, 0.1) is 5.92 Å². The first-order valence-corrected chi connectivity index (χ1v) is 12.7. The maximum absolute atomic E-state index is 12.8. The molecule has 0 aliphatic rings. The average molecular weight is 607 g/mol. The molecular weight excluding hydrogens is 581 g/mol. The summed E-state index contributed by atoms with van der Waals surface area (Å²) in [6, 6.07) is 6.42. The van der Waals surface area contributed by atoms with Crippen molar-refractivity contribution in [1.82, 2.24) is 5.32 Å². The monoisotopic (exact) mass is 605 g/mol. The summed E-state index contributed by atoms with van der Waals surface area (Å²) < 4.78 is 23.2. The van der Waals surface area contributed by atoms with E-state index in [1.54, 1.807) is 32.9 Å². The molecule has 1 amide bonds. The van der Waals surface area contributed by atoms with Crippen molar-refractivity contribution >= 4 is 52.2 Å². The first-order chi connectivity index (χ1) is 15.4. The molecule has 0 fully saturated rings. The van der Waals surface area contributed by atoms with E-state index < -0.39 is 31.7 Å². The Hall–Kier alpha value is -1.87. The van der Waals surface area contributed by atoms with Crippen molar-refractivity contribution in [2.24, 2.45) is 5.92 Å². The molecule has 3 N–H and O–H groups in total. The third-order valence-electron chi connectivity index (χ3n) is 4.74. The highest BCUT2D eigenvalue weighted by atomic mass is 79.9. The number of rotatable bonds is 9. The quantitative estimate of drug-likeness (QED) is 0.273. The van der Waals surface area contributed by atoms with Crippen LogP contribution in [0.15, 0.2) is 39.3 Å². The SMILES string of the molecule is CCOC(=O)C(NC(=O)c1cc(Oc2c(Br)cc(C(C)(O)[PH2]=O)cc2Br)ccc1O)C(C)C. The molecule has 3 unspecified atom stereocenters. The predicted octanol–water partition coefficient (Wildman–Crippen LogP) is 4.95. The molecule has 8 nitrogen and oxygen atoms in total. The van der Waals surface area contributed by atoms with Gasteiger partial charge in [-0.3, -0.25) is 4.79 Å². The molecule has 2 aromatic rings. The van der Waals surface area contributed by atoms with Crippen LogP contribution in [0.2, 0.25) is 0 Å². The Morgan fingerprint density at radius 3 is 2.30 bits per heavy atom. The van der Waals surface area contributed by atoms with Crippen molar-refractivity contribution < 1.29 is 33.8 Å². The number of carbonyl (C=O) groups is 2. The Morgan fingerprint density at radius 1 is 1.18 bits per heavy atom. The summed E-state index contributed by atoms with van der Waals surface area (Å²) in [6.45, 7) is 6.85. The van der Waals surface area contributed by atoms with E-state index in [-0.39, 0.29) is 29.6 Å². The van der Waals surface area contributed by atoms with E-state index in [1.165, 1.54) is 25.1 Å². The molecule has 0 heterocycles. The van der Waals surface area contributed by atoms with Gasteiger partial charge in [0.05, 0.1) is 29.6 Å². The molecule has 2 aromatic carbocycles. The molecule has 11 heteroatoms. The van der Waals surface area contributed by atoms with Crippen molar-refractivity contribution in [3.63, 3.8) is 0 Å². The molecule has 0 aliphatic carbocycles. The fraction of sp³-hybridized carbons (Fsp3) is 0.364. The second kappa shape index (κ2) is 11.5. The summed E-state index contributed by atoms with van der Waals surface area (Å²) in [6.07, 6.45) is 0. The summed E-state index contributed by atoms with van der Waals surface area (Å²) in [5, 5.41) is 21.6. The van der Waals surface area contributed by atoms with Crippen molar-refractivity contribution in [3.05, 3.63) is 50.4 Å². The minimum atomic E-state index is -1.48. The van der Waals surface area contributed by atoms with Gasteiger partial charge in [0, 0.05) is 0 Å². The molecule has 33 heavy (non-hydrogen) atoms. The number of halogens is 2. The number of nitrogens with one attached hydrogen (secondary N) is 1. The molecule has 3 atom stereocenters. The second-order valence-electron chi connectivity index (χ2n) is 7.76. The van der Waals surface area contributed by atoms with Crippen molar-refractivity contribution in [2.75, 3.05) is 6.61 Å². The fourth-order valence-corrected chi connectivity index (χ4v) is 4.50. The molecule has 0 saturated heterocycles. The molecule has 0 bridgehead atoms. The Bertz CT molecular complexity index is 1040. The van der Waals surface area contributed by atoms with E-state index in [0.29, 0.717) is 20.3 Å². The Labute approximate surface area is 210 Å². The number of phenols is 1. The zero-order valence-electron chi connectivity index (χ0n) is 18.5. The van der Waals surface area contributed by atoms with E-state index in [2.05, 4.69) is 37.2 Å². The smallest absolute Gasteiger partial charge is 0.328 e. The van der Waals surface area contributed by atoms with Gasteiger partial charge in [0.2, 0.25) is 0 Å². The second-order valence-corrected chi connectivity index (χ2v) is 10.8. The zero-order chi connectivity index (χ0) is 24.9. The molecule has 0 aliphatic heterocycles. The Balaban J connectivity index is 2.33.